The highest BCUT2D eigenvalue weighted by Gasteiger charge is 2.74. The second-order valence-electron chi connectivity index (χ2n) is 7.39. The Kier molecular flexibility index (Phi) is 3.80. The van der Waals surface area contributed by atoms with E-state index in [-0.39, 0.29) is 12.1 Å². The van der Waals surface area contributed by atoms with Crippen molar-refractivity contribution in [3.63, 3.8) is 0 Å². The summed E-state index contributed by atoms with van der Waals surface area (Å²) in [6.45, 7) is 5.31. The highest BCUT2D eigenvalue weighted by molar-refractivity contribution is 6.50. The fourth-order valence-corrected chi connectivity index (χ4v) is 4.32. The topological polar surface area (TPSA) is 98.7 Å². The lowest BCUT2D eigenvalue weighted by molar-refractivity contribution is -0.320. The number of aliphatic carboxylic acids is 1. The van der Waals surface area contributed by atoms with Gasteiger partial charge in [-0.2, -0.15) is 5.10 Å². The number of amides is 1. The summed E-state index contributed by atoms with van der Waals surface area (Å²) in [5.41, 5.74) is -0.382. The molecule has 6 nitrogen and oxygen atoms in total. The van der Waals surface area contributed by atoms with Gasteiger partial charge in [0.15, 0.2) is 5.78 Å². The number of rotatable bonds is 3. The molecule has 1 N–H and O–H groups in total. The lowest BCUT2D eigenvalue weighted by Gasteiger charge is -2.39. The molecule has 0 heterocycles. The third-order valence-corrected chi connectivity index (χ3v) is 6.55. The molecule has 0 spiro atoms. The molecule has 2 atom stereocenters. The van der Waals surface area contributed by atoms with Crippen LogP contribution in [0.3, 0.4) is 0 Å². The van der Waals surface area contributed by atoms with Gasteiger partial charge in [-0.15, -0.1) is 0 Å². The van der Waals surface area contributed by atoms with Gasteiger partial charge in [-0.1, -0.05) is 32.4 Å². The predicted octanol–water partition coefficient (Wildman–Crippen LogP) is 1.57. The van der Waals surface area contributed by atoms with Gasteiger partial charge in [-0.25, -0.2) is 5.43 Å². The molecule has 2 fully saturated rings. The molecule has 2 aliphatic carbocycles. The fourth-order valence-electron chi connectivity index (χ4n) is 4.19. The van der Waals surface area contributed by atoms with Crippen LogP contribution in [0.2, 0.25) is 5.02 Å². The van der Waals surface area contributed by atoms with E-state index in [1.165, 1.54) is 12.1 Å². The van der Waals surface area contributed by atoms with Crippen molar-refractivity contribution in [3.8, 4) is 0 Å². The first-order valence-electron chi connectivity index (χ1n) is 7.98. The Morgan fingerprint density at radius 2 is 1.76 bits per heavy atom. The molecule has 132 valence electrons. The first-order chi connectivity index (χ1) is 11.6. The predicted molar refractivity (Wildman–Crippen MR) is 89.9 cm³/mol. The number of halogens is 1. The molecule has 0 aliphatic heterocycles. The average Bonchev–Trinajstić information content (AvgIpc) is 2.82. The molecule has 2 unspecified atom stereocenters. The SMILES string of the molecule is CC12CCC(C(=O)[O-])(C(=O)C1=NNC(=O)c1ccc(Cl)cc1)C2(C)C. The lowest BCUT2D eigenvalue weighted by atomic mass is 9.65. The lowest BCUT2D eigenvalue weighted by Crippen LogP contribution is -2.51. The van der Waals surface area contributed by atoms with E-state index in [1.54, 1.807) is 26.0 Å². The quantitative estimate of drug-likeness (QED) is 0.652. The Balaban J connectivity index is 1.94. The minimum atomic E-state index is -1.59. The molecular formula is C18H18ClN2O4-. The van der Waals surface area contributed by atoms with Gasteiger partial charge in [-0.3, -0.25) is 9.59 Å². The van der Waals surface area contributed by atoms with E-state index in [4.69, 9.17) is 11.6 Å². The van der Waals surface area contributed by atoms with Crippen LogP contribution in [0.5, 0.6) is 0 Å². The van der Waals surface area contributed by atoms with Crippen LogP contribution in [0.1, 0.15) is 44.0 Å². The molecule has 1 amide bonds. The van der Waals surface area contributed by atoms with Crippen LogP contribution in [0.4, 0.5) is 0 Å². The van der Waals surface area contributed by atoms with E-state index in [2.05, 4.69) is 10.5 Å². The number of carboxylic acids is 1. The number of nitrogens with one attached hydrogen (secondary N) is 1. The Bertz CT molecular complexity index is 815. The maximum atomic E-state index is 12.8. The number of benzene rings is 1. The standard InChI is InChI=1S/C18H19ClN2O4/c1-16(2)17(3)8-9-18(16,15(24)25)13(22)12(17)20-21-14(23)10-4-6-11(19)7-5-10/h4-7H,8-9H2,1-3H3,(H,21,23)(H,24,25)/p-1. The Morgan fingerprint density at radius 3 is 2.28 bits per heavy atom. The van der Waals surface area contributed by atoms with Crippen molar-refractivity contribution in [2.75, 3.05) is 0 Å². The zero-order valence-corrected chi connectivity index (χ0v) is 14.9. The van der Waals surface area contributed by atoms with Gasteiger partial charge in [0.2, 0.25) is 0 Å². The highest BCUT2D eigenvalue weighted by Crippen LogP contribution is 2.69. The van der Waals surface area contributed by atoms with Crippen molar-refractivity contribution in [1.29, 1.82) is 0 Å². The van der Waals surface area contributed by atoms with Crippen molar-refractivity contribution in [1.82, 2.24) is 5.43 Å². The van der Waals surface area contributed by atoms with E-state index in [0.717, 1.165) is 0 Å². The third kappa shape index (κ3) is 2.10. The van der Waals surface area contributed by atoms with Gasteiger partial charge in [0.1, 0.15) is 5.71 Å². The molecule has 2 aliphatic rings. The summed E-state index contributed by atoms with van der Waals surface area (Å²) in [5.74, 6) is -2.44. The summed E-state index contributed by atoms with van der Waals surface area (Å²) in [6.07, 6.45) is 0.719. The van der Waals surface area contributed by atoms with Crippen LogP contribution < -0.4 is 10.5 Å². The maximum absolute atomic E-state index is 12.8. The molecule has 25 heavy (non-hydrogen) atoms. The summed E-state index contributed by atoms with van der Waals surface area (Å²) < 4.78 is 0. The summed E-state index contributed by atoms with van der Waals surface area (Å²) in [7, 11) is 0. The molecule has 7 heteroatoms. The number of hydrazone groups is 1. The van der Waals surface area contributed by atoms with Crippen LogP contribution in [0.25, 0.3) is 0 Å². The number of nitrogens with zero attached hydrogens (tertiary/aromatic N) is 1. The monoisotopic (exact) mass is 361 g/mol. The minimum Gasteiger partial charge on any atom is -0.549 e. The molecule has 0 saturated heterocycles. The number of fused-ring (bicyclic) bond motifs is 2. The van der Waals surface area contributed by atoms with Gasteiger partial charge < -0.3 is 9.90 Å². The molecule has 2 bridgehead atoms. The molecular weight excluding hydrogens is 344 g/mol. The van der Waals surface area contributed by atoms with Gasteiger partial charge >= 0.3 is 0 Å². The number of carbonyl (C=O) groups excluding carboxylic acids is 3. The second-order valence-corrected chi connectivity index (χ2v) is 7.82. The largest absolute Gasteiger partial charge is 0.549 e. The molecule has 3 rings (SSSR count). The average molecular weight is 362 g/mol. The molecule has 2 saturated carbocycles. The van der Waals surface area contributed by atoms with E-state index in [0.29, 0.717) is 17.0 Å². The summed E-state index contributed by atoms with van der Waals surface area (Å²) in [6, 6.07) is 6.22. The Labute approximate surface area is 150 Å². The Hall–Kier alpha value is -2.21. The molecule has 1 aromatic rings. The van der Waals surface area contributed by atoms with E-state index in [1.807, 2.05) is 6.92 Å². The smallest absolute Gasteiger partial charge is 0.271 e. The maximum Gasteiger partial charge on any atom is 0.271 e. The van der Waals surface area contributed by atoms with Crippen LogP contribution >= 0.6 is 11.6 Å². The number of carbonyl (C=O) groups is 3. The number of hydrogen-bond acceptors (Lipinski definition) is 5. The highest BCUT2D eigenvalue weighted by atomic mass is 35.5. The van der Waals surface area contributed by atoms with Crippen molar-refractivity contribution in [2.24, 2.45) is 21.3 Å². The van der Waals surface area contributed by atoms with Crippen molar-refractivity contribution < 1.29 is 19.5 Å². The van der Waals surface area contributed by atoms with Gasteiger partial charge in [0.25, 0.3) is 5.91 Å². The van der Waals surface area contributed by atoms with Gasteiger partial charge in [0.05, 0.1) is 11.4 Å². The number of ketones is 1. The summed E-state index contributed by atoms with van der Waals surface area (Å²) >= 11 is 5.79. The number of Topliss-reactive ketones (excluding diaryl/α,β-unsaturated/α-hetero) is 1. The van der Waals surface area contributed by atoms with Crippen molar-refractivity contribution in [3.05, 3.63) is 34.9 Å². The van der Waals surface area contributed by atoms with Crippen molar-refractivity contribution >= 4 is 35.0 Å². The van der Waals surface area contributed by atoms with E-state index < -0.39 is 33.9 Å². The van der Waals surface area contributed by atoms with E-state index in [9.17, 15) is 19.5 Å². The van der Waals surface area contributed by atoms with Crippen LogP contribution in [0, 0.1) is 16.2 Å². The van der Waals surface area contributed by atoms with Crippen LogP contribution in [-0.2, 0) is 9.59 Å². The zero-order valence-electron chi connectivity index (χ0n) is 14.2. The molecule has 0 aromatic heterocycles. The normalized spacial score (nSPS) is 31.4. The Morgan fingerprint density at radius 1 is 1.16 bits per heavy atom. The van der Waals surface area contributed by atoms with Crippen LogP contribution in [0.15, 0.2) is 29.4 Å². The second kappa shape index (κ2) is 5.39. The summed E-state index contributed by atoms with van der Waals surface area (Å²) in [5, 5.41) is 16.3. The molecule has 0 radical (unpaired) electrons. The van der Waals surface area contributed by atoms with Gasteiger partial charge in [0, 0.05) is 16.0 Å². The first kappa shape index (κ1) is 17.6. The first-order valence-corrected chi connectivity index (χ1v) is 8.36. The third-order valence-electron chi connectivity index (χ3n) is 6.30. The zero-order chi connectivity index (χ0) is 18.6. The van der Waals surface area contributed by atoms with Gasteiger partial charge in [-0.05, 0) is 42.5 Å². The molecule has 1 aromatic carbocycles. The van der Waals surface area contributed by atoms with Crippen LogP contribution in [-0.4, -0.2) is 23.4 Å². The van der Waals surface area contributed by atoms with Crippen molar-refractivity contribution in [2.45, 2.75) is 33.6 Å². The number of hydrogen-bond donors (Lipinski definition) is 1. The minimum absolute atomic E-state index is 0.0928. The number of carboxylic acid groups (broad SMARTS) is 1. The summed E-state index contributed by atoms with van der Waals surface area (Å²) in [4.78, 5) is 36.8. The fraction of sp³-hybridized carbons (Fsp3) is 0.444. The van der Waals surface area contributed by atoms with E-state index >= 15 is 0 Å².